The minimum atomic E-state index is -1.000. The quantitative estimate of drug-likeness (QED) is 0.455. The summed E-state index contributed by atoms with van der Waals surface area (Å²) in [5.41, 5.74) is 0. The normalized spacial score (nSPS) is 32.9. The van der Waals surface area contributed by atoms with Crippen molar-refractivity contribution in [3.8, 4) is 0 Å². The summed E-state index contributed by atoms with van der Waals surface area (Å²) in [5.74, 6) is -0.410. The van der Waals surface area contributed by atoms with E-state index in [1.54, 1.807) is 0 Å². The van der Waals surface area contributed by atoms with Gasteiger partial charge >= 0.3 is 5.95 Å². The van der Waals surface area contributed by atoms with Crippen LogP contribution in [-0.4, -0.2) is 48.3 Å². The predicted molar refractivity (Wildman–Crippen MR) is 58.6 cm³/mol. The zero-order chi connectivity index (χ0) is 12.6. The van der Waals surface area contributed by atoms with Crippen molar-refractivity contribution in [3.63, 3.8) is 0 Å². The molecule has 17 heavy (non-hydrogen) atoms. The fourth-order valence-corrected chi connectivity index (χ4v) is 2.28. The Morgan fingerprint density at radius 1 is 1.71 bits per heavy atom. The largest absolute Gasteiger partial charge is 0.436 e. The molecule has 1 aliphatic heterocycles. The third-order valence-electron chi connectivity index (χ3n) is 2.55. The number of aliphatic hydroxyl groups excluding tert-OH is 2. The molecule has 94 valence electrons. The van der Waals surface area contributed by atoms with Gasteiger partial charge in [-0.05, 0) is 4.92 Å². The molecule has 0 aromatic carbocycles. The van der Waals surface area contributed by atoms with Crippen LogP contribution in [0, 0.1) is 10.1 Å². The molecule has 8 nitrogen and oxygen atoms in total. The lowest BCUT2D eigenvalue weighted by Gasteiger charge is -2.13. The number of hydrogen-bond donors (Lipinski definition) is 2. The number of ether oxygens (including phenoxy) is 1. The molecule has 1 fully saturated rings. The molecule has 0 radical (unpaired) electrons. The van der Waals surface area contributed by atoms with Crippen LogP contribution in [0.15, 0.2) is 12.4 Å². The number of nitrogens with zero attached hydrogens (tertiary/aromatic N) is 3. The molecule has 9 heteroatoms. The number of nitro groups is 1. The van der Waals surface area contributed by atoms with Gasteiger partial charge in [-0.3, -0.25) is 0 Å². The van der Waals surface area contributed by atoms with Crippen molar-refractivity contribution in [2.75, 3.05) is 6.61 Å². The molecule has 0 saturated carbocycles. The number of halogens is 1. The van der Waals surface area contributed by atoms with Crippen LogP contribution in [0.3, 0.4) is 0 Å². The van der Waals surface area contributed by atoms with Gasteiger partial charge in [0.1, 0.15) is 18.5 Å². The highest BCUT2D eigenvalue weighted by molar-refractivity contribution is 9.09. The number of imidazole rings is 1. The molecule has 4 atom stereocenters. The Morgan fingerprint density at radius 2 is 2.41 bits per heavy atom. The van der Waals surface area contributed by atoms with E-state index in [0.717, 1.165) is 4.57 Å². The first-order valence-electron chi connectivity index (χ1n) is 4.82. The van der Waals surface area contributed by atoms with Crippen LogP contribution in [0.2, 0.25) is 0 Å². The first kappa shape index (κ1) is 12.4. The van der Waals surface area contributed by atoms with E-state index in [0.29, 0.717) is 0 Å². The Labute approximate surface area is 104 Å². The van der Waals surface area contributed by atoms with E-state index < -0.39 is 34.1 Å². The second kappa shape index (κ2) is 4.69. The molecule has 1 aliphatic rings. The lowest BCUT2D eigenvalue weighted by Crippen LogP contribution is -2.28. The third kappa shape index (κ3) is 2.06. The van der Waals surface area contributed by atoms with Gasteiger partial charge in [0.15, 0.2) is 0 Å². The molecule has 0 aliphatic carbocycles. The van der Waals surface area contributed by atoms with Gasteiger partial charge in [-0.15, -0.1) is 0 Å². The van der Waals surface area contributed by atoms with Crippen LogP contribution in [-0.2, 0) is 4.74 Å². The molecule has 0 bridgehead atoms. The van der Waals surface area contributed by atoms with Gasteiger partial charge in [0, 0.05) is 0 Å². The number of hydrogen-bond acceptors (Lipinski definition) is 6. The number of rotatable bonds is 3. The Kier molecular flexibility index (Phi) is 3.43. The highest BCUT2D eigenvalue weighted by atomic mass is 79.9. The summed E-state index contributed by atoms with van der Waals surface area (Å²) in [6.07, 6.45) is 0.0614. The summed E-state index contributed by atoms with van der Waals surface area (Å²) in [6.45, 7) is -0.286. The summed E-state index contributed by atoms with van der Waals surface area (Å²) in [4.78, 5) is 13.1. The summed E-state index contributed by atoms with van der Waals surface area (Å²) in [6, 6.07) is 0. The lowest BCUT2D eigenvalue weighted by molar-refractivity contribution is -0.398. The van der Waals surface area contributed by atoms with E-state index in [9.17, 15) is 15.2 Å². The Morgan fingerprint density at radius 3 is 2.94 bits per heavy atom. The van der Waals surface area contributed by atoms with E-state index in [2.05, 4.69) is 20.9 Å². The van der Waals surface area contributed by atoms with Crippen LogP contribution in [0.25, 0.3) is 0 Å². The van der Waals surface area contributed by atoms with E-state index >= 15 is 0 Å². The van der Waals surface area contributed by atoms with E-state index in [1.165, 1.54) is 12.4 Å². The number of aliphatic hydroxyl groups is 2. The second-order valence-corrected chi connectivity index (χ2v) is 4.63. The zero-order valence-corrected chi connectivity index (χ0v) is 10.1. The summed E-state index contributed by atoms with van der Waals surface area (Å²) < 4.78 is 6.48. The molecule has 2 heterocycles. The molecule has 1 unspecified atom stereocenters. The average Bonchev–Trinajstić information content (AvgIpc) is 2.86. The topological polar surface area (TPSA) is 111 Å². The molecule has 1 saturated heterocycles. The summed E-state index contributed by atoms with van der Waals surface area (Å²) in [5, 5.41) is 29.6. The molecule has 1 aromatic heterocycles. The molecular formula is C8H10BrN3O5. The van der Waals surface area contributed by atoms with Gasteiger partial charge < -0.3 is 25.1 Å². The fourth-order valence-electron chi connectivity index (χ4n) is 1.73. The van der Waals surface area contributed by atoms with Crippen molar-refractivity contribution < 1.29 is 19.9 Å². The van der Waals surface area contributed by atoms with Crippen molar-refractivity contribution in [1.29, 1.82) is 0 Å². The van der Waals surface area contributed by atoms with Crippen molar-refractivity contribution >= 4 is 21.9 Å². The molecule has 0 amide bonds. The molecule has 2 N–H and O–H groups in total. The van der Waals surface area contributed by atoms with Crippen LogP contribution in [0.1, 0.15) is 6.23 Å². The number of alkyl halides is 1. The van der Waals surface area contributed by atoms with Crippen LogP contribution in [0.4, 0.5) is 5.95 Å². The Balaban J connectivity index is 2.29. The van der Waals surface area contributed by atoms with Gasteiger partial charge in [0.05, 0.1) is 17.5 Å². The van der Waals surface area contributed by atoms with Crippen LogP contribution in [0.5, 0.6) is 0 Å². The van der Waals surface area contributed by atoms with Crippen LogP contribution >= 0.6 is 15.9 Å². The highest BCUT2D eigenvalue weighted by Crippen LogP contribution is 2.35. The smallest absolute Gasteiger partial charge is 0.394 e. The fraction of sp³-hybridized carbons (Fsp3) is 0.625. The van der Waals surface area contributed by atoms with E-state index in [-0.39, 0.29) is 6.61 Å². The van der Waals surface area contributed by atoms with Gasteiger partial charge in [-0.2, -0.15) is 4.57 Å². The number of aromatic nitrogens is 2. The minimum Gasteiger partial charge on any atom is -0.394 e. The van der Waals surface area contributed by atoms with Crippen molar-refractivity contribution in [3.05, 3.63) is 22.5 Å². The van der Waals surface area contributed by atoms with Gasteiger partial charge in [0.2, 0.25) is 6.23 Å². The standard InChI is InChI=1S/C8H10BrN3O5/c9-5-4(3-13)17-7(6(5)14)11-2-1-10-8(11)12(15)16/h1-2,4-7,13-14H,3H2/t4-,5-,6+,7?/m1/s1. The van der Waals surface area contributed by atoms with Gasteiger partial charge in [-0.25, -0.2) is 0 Å². The van der Waals surface area contributed by atoms with Gasteiger partial charge in [0.25, 0.3) is 0 Å². The maximum Gasteiger partial charge on any atom is 0.436 e. The van der Waals surface area contributed by atoms with Crippen molar-refractivity contribution in [2.24, 2.45) is 0 Å². The van der Waals surface area contributed by atoms with Crippen molar-refractivity contribution in [2.45, 2.75) is 23.3 Å². The maximum atomic E-state index is 10.7. The second-order valence-electron chi connectivity index (χ2n) is 3.57. The van der Waals surface area contributed by atoms with Gasteiger partial charge in [-0.1, -0.05) is 20.9 Å². The SMILES string of the molecule is O=[N+]([O-])c1nccn1C1O[C@H](CO)[C@@H](Br)[C@@H]1O. The van der Waals surface area contributed by atoms with E-state index in [1.807, 2.05) is 0 Å². The third-order valence-corrected chi connectivity index (χ3v) is 3.68. The molecule has 2 rings (SSSR count). The summed E-state index contributed by atoms with van der Waals surface area (Å²) >= 11 is 3.18. The van der Waals surface area contributed by atoms with E-state index in [4.69, 9.17) is 9.84 Å². The first-order chi connectivity index (χ1) is 8.06. The highest BCUT2D eigenvalue weighted by Gasteiger charge is 2.46. The molecular weight excluding hydrogens is 298 g/mol. The minimum absolute atomic E-state index is 0.286. The maximum absolute atomic E-state index is 10.7. The Hall–Kier alpha value is -1.03. The average molecular weight is 308 g/mol. The predicted octanol–water partition coefficient (Wildman–Crippen LogP) is -0.195. The summed E-state index contributed by atoms with van der Waals surface area (Å²) in [7, 11) is 0. The first-order valence-corrected chi connectivity index (χ1v) is 5.73. The zero-order valence-electron chi connectivity index (χ0n) is 8.51. The molecule has 1 aromatic rings. The monoisotopic (exact) mass is 307 g/mol. The Bertz CT molecular complexity index is 425. The van der Waals surface area contributed by atoms with Crippen LogP contribution < -0.4 is 0 Å². The van der Waals surface area contributed by atoms with Crippen molar-refractivity contribution in [1.82, 2.24) is 9.55 Å². The molecule has 0 spiro atoms. The lowest BCUT2D eigenvalue weighted by atomic mass is 10.2.